The van der Waals surface area contributed by atoms with Crippen molar-refractivity contribution in [3.63, 3.8) is 0 Å². The zero-order chi connectivity index (χ0) is 14.8. The molecule has 1 rings (SSSR count). The Morgan fingerprint density at radius 1 is 1.00 bits per heavy atom. The van der Waals surface area contributed by atoms with E-state index in [0.717, 1.165) is 38.6 Å². The Kier molecular flexibility index (Phi) is 8.56. The summed E-state index contributed by atoms with van der Waals surface area (Å²) in [6.45, 7) is 14.4. The van der Waals surface area contributed by atoms with E-state index in [2.05, 4.69) is 62.2 Å². The summed E-state index contributed by atoms with van der Waals surface area (Å²) in [6.07, 6.45) is 2.60. The molecule has 1 N–H and O–H groups in total. The summed E-state index contributed by atoms with van der Waals surface area (Å²) in [5, 5.41) is 3.56. The van der Waals surface area contributed by atoms with Crippen LogP contribution in [-0.2, 0) is 13.1 Å². The Bertz CT molecular complexity index is 341. The zero-order valence-electron chi connectivity index (χ0n) is 13.8. The summed E-state index contributed by atoms with van der Waals surface area (Å²) in [6, 6.07) is 9.06. The molecule has 0 saturated heterocycles. The van der Waals surface area contributed by atoms with E-state index in [0.29, 0.717) is 0 Å². The van der Waals surface area contributed by atoms with Gasteiger partial charge in [-0.3, -0.25) is 4.90 Å². The van der Waals surface area contributed by atoms with Gasteiger partial charge in [0.2, 0.25) is 0 Å². The molecule has 1 unspecified atom stereocenters. The molecule has 0 bridgehead atoms. The van der Waals surface area contributed by atoms with Gasteiger partial charge in [0.15, 0.2) is 0 Å². The monoisotopic (exact) mass is 276 g/mol. The van der Waals surface area contributed by atoms with Gasteiger partial charge in [0.05, 0.1) is 0 Å². The molecule has 114 valence electrons. The van der Waals surface area contributed by atoms with Crippen LogP contribution in [0.3, 0.4) is 0 Å². The SMILES string of the molecule is CCCC(C)CNCc1ccc(CN(CC)CC)cc1. The first-order chi connectivity index (χ1) is 9.69. The molecular weight excluding hydrogens is 244 g/mol. The summed E-state index contributed by atoms with van der Waals surface area (Å²) in [7, 11) is 0. The maximum absolute atomic E-state index is 3.56. The van der Waals surface area contributed by atoms with E-state index in [4.69, 9.17) is 0 Å². The van der Waals surface area contributed by atoms with Gasteiger partial charge in [0.1, 0.15) is 0 Å². The molecule has 0 amide bonds. The van der Waals surface area contributed by atoms with Crippen LogP contribution in [0.5, 0.6) is 0 Å². The lowest BCUT2D eigenvalue weighted by Gasteiger charge is -2.18. The molecule has 0 aliphatic rings. The zero-order valence-corrected chi connectivity index (χ0v) is 13.8. The largest absolute Gasteiger partial charge is 0.312 e. The predicted octanol–water partition coefficient (Wildman–Crippen LogP) is 4.05. The summed E-state index contributed by atoms with van der Waals surface area (Å²) < 4.78 is 0. The van der Waals surface area contributed by atoms with Crippen LogP contribution in [0.2, 0.25) is 0 Å². The van der Waals surface area contributed by atoms with Crippen molar-refractivity contribution in [1.29, 1.82) is 0 Å². The standard InChI is InChI=1S/C18H32N2/c1-5-8-16(4)13-19-14-17-9-11-18(12-10-17)15-20(6-2)7-3/h9-12,16,19H,5-8,13-15H2,1-4H3. The summed E-state index contributed by atoms with van der Waals surface area (Å²) in [4.78, 5) is 2.44. The molecule has 2 nitrogen and oxygen atoms in total. The average Bonchev–Trinajstić information content (AvgIpc) is 2.46. The highest BCUT2D eigenvalue weighted by molar-refractivity contribution is 5.22. The van der Waals surface area contributed by atoms with E-state index in [9.17, 15) is 0 Å². The number of nitrogens with one attached hydrogen (secondary N) is 1. The second-order valence-corrected chi connectivity index (χ2v) is 5.80. The Morgan fingerprint density at radius 2 is 1.60 bits per heavy atom. The molecule has 0 aliphatic heterocycles. The molecule has 0 aliphatic carbocycles. The van der Waals surface area contributed by atoms with Gasteiger partial charge in [-0.15, -0.1) is 0 Å². The number of hydrogen-bond acceptors (Lipinski definition) is 2. The minimum Gasteiger partial charge on any atom is -0.312 e. The Hall–Kier alpha value is -0.860. The molecule has 0 aromatic heterocycles. The quantitative estimate of drug-likeness (QED) is 0.693. The van der Waals surface area contributed by atoms with Crippen molar-refractivity contribution in [3.05, 3.63) is 35.4 Å². The highest BCUT2D eigenvalue weighted by atomic mass is 15.1. The van der Waals surface area contributed by atoms with Crippen LogP contribution >= 0.6 is 0 Å². The molecule has 0 heterocycles. The number of rotatable bonds is 10. The van der Waals surface area contributed by atoms with Gasteiger partial charge in [-0.05, 0) is 43.1 Å². The topological polar surface area (TPSA) is 15.3 Å². The molecule has 1 aromatic carbocycles. The molecule has 0 saturated carbocycles. The number of benzene rings is 1. The second-order valence-electron chi connectivity index (χ2n) is 5.80. The third-order valence-corrected chi connectivity index (χ3v) is 3.93. The van der Waals surface area contributed by atoms with Crippen molar-refractivity contribution >= 4 is 0 Å². The third-order valence-electron chi connectivity index (χ3n) is 3.93. The van der Waals surface area contributed by atoms with Crippen LogP contribution in [-0.4, -0.2) is 24.5 Å². The average molecular weight is 276 g/mol. The first-order valence-electron chi connectivity index (χ1n) is 8.20. The fourth-order valence-corrected chi connectivity index (χ4v) is 2.53. The van der Waals surface area contributed by atoms with Crippen LogP contribution in [0.25, 0.3) is 0 Å². The lowest BCUT2D eigenvalue weighted by molar-refractivity contribution is 0.296. The Balaban J connectivity index is 2.35. The van der Waals surface area contributed by atoms with Gasteiger partial charge in [0, 0.05) is 13.1 Å². The Labute approximate surface area is 125 Å². The van der Waals surface area contributed by atoms with E-state index < -0.39 is 0 Å². The van der Waals surface area contributed by atoms with Gasteiger partial charge in [-0.1, -0.05) is 58.4 Å². The summed E-state index contributed by atoms with van der Waals surface area (Å²) in [5.41, 5.74) is 2.80. The van der Waals surface area contributed by atoms with Crippen molar-refractivity contribution in [2.24, 2.45) is 5.92 Å². The molecule has 0 spiro atoms. The minimum absolute atomic E-state index is 0.780. The number of hydrogen-bond donors (Lipinski definition) is 1. The molecule has 20 heavy (non-hydrogen) atoms. The van der Waals surface area contributed by atoms with Crippen molar-refractivity contribution < 1.29 is 0 Å². The fourth-order valence-electron chi connectivity index (χ4n) is 2.53. The predicted molar refractivity (Wildman–Crippen MR) is 88.8 cm³/mol. The van der Waals surface area contributed by atoms with E-state index in [1.165, 1.54) is 24.0 Å². The van der Waals surface area contributed by atoms with Gasteiger partial charge in [-0.25, -0.2) is 0 Å². The van der Waals surface area contributed by atoms with Crippen molar-refractivity contribution in [2.45, 2.75) is 53.6 Å². The minimum atomic E-state index is 0.780. The first-order valence-corrected chi connectivity index (χ1v) is 8.20. The molecule has 2 heteroatoms. The van der Waals surface area contributed by atoms with E-state index in [1.54, 1.807) is 0 Å². The maximum Gasteiger partial charge on any atom is 0.0233 e. The first kappa shape index (κ1) is 17.2. The highest BCUT2D eigenvalue weighted by Crippen LogP contribution is 2.08. The lowest BCUT2D eigenvalue weighted by Crippen LogP contribution is -2.22. The molecule has 0 radical (unpaired) electrons. The molecule has 0 fully saturated rings. The second kappa shape index (κ2) is 9.95. The highest BCUT2D eigenvalue weighted by Gasteiger charge is 2.02. The lowest BCUT2D eigenvalue weighted by atomic mass is 10.1. The van der Waals surface area contributed by atoms with Crippen LogP contribution in [0, 0.1) is 5.92 Å². The Morgan fingerprint density at radius 3 is 2.15 bits per heavy atom. The van der Waals surface area contributed by atoms with E-state index in [1.807, 2.05) is 0 Å². The van der Waals surface area contributed by atoms with E-state index >= 15 is 0 Å². The van der Waals surface area contributed by atoms with Gasteiger partial charge >= 0.3 is 0 Å². The summed E-state index contributed by atoms with van der Waals surface area (Å²) >= 11 is 0. The summed E-state index contributed by atoms with van der Waals surface area (Å²) in [5.74, 6) is 0.780. The third kappa shape index (κ3) is 6.53. The normalized spacial score (nSPS) is 12.8. The van der Waals surface area contributed by atoms with Gasteiger partial charge in [-0.2, -0.15) is 0 Å². The van der Waals surface area contributed by atoms with Crippen LogP contribution < -0.4 is 5.32 Å². The van der Waals surface area contributed by atoms with Crippen LogP contribution in [0.15, 0.2) is 24.3 Å². The molecule has 1 aromatic rings. The van der Waals surface area contributed by atoms with Crippen molar-refractivity contribution in [2.75, 3.05) is 19.6 Å². The fraction of sp³-hybridized carbons (Fsp3) is 0.667. The maximum atomic E-state index is 3.56. The smallest absolute Gasteiger partial charge is 0.0233 e. The van der Waals surface area contributed by atoms with E-state index in [-0.39, 0.29) is 0 Å². The van der Waals surface area contributed by atoms with Crippen molar-refractivity contribution in [1.82, 2.24) is 10.2 Å². The van der Waals surface area contributed by atoms with Crippen LogP contribution in [0.4, 0.5) is 0 Å². The van der Waals surface area contributed by atoms with Gasteiger partial charge < -0.3 is 5.32 Å². The molecular formula is C18H32N2. The molecule has 1 atom stereocenters. The van der Waals surface area contributed by atoms with Crippen LogP contribution in [0.1, 0.15) is 51.7 Å². The number of nitrogens with zero attached hydrogens (tertiary/aromatic N) is 1. The van der Waals surface area contributed by atoms with Crippen molar-refractivity contribution in [3.8, 4) is 0 Å². The van der Waals surface area contributed by atoms with Gasteiger partial charge in [0.25, 0.3) is 0 Å².